The Hall–Kier alpha value is -3.74. The van der Waals surface area contributed by atoms with Crippen LogP contribution in [0.2, 0.25) is 0 Å². The molecule has 0 bridgehead atoms. The van der Waals surface area contributed by atoms with Crippen LogP contribution in [-0.2, 0) is 11.3 Å². The molecular formula is C25H25N5O2. The number of carbonyl (C=O) groups excluding carboxylic acids is 1. The second kappa shape index (κ2) is 7.75. The topological polar surface area (TPSA) is 81.8 Å². The zero-order valence-electron chi connectivity index (χ0n) is 18.4. The van der Waals surface area contributed by atoms with E-state index in [0.717, 1.165) is 46.3 Å². The van der Waals surface area contributed by atoms with E-state index < -0.39 is 0 Å². The van der Waals surface area contributed by atoms with Gasteiger partial charge in [0.05, 0.1) is 17.6 Å². The van der Waals surface area contributed by atoms with Gasteiger partial charge >= 0.3 is 0 Å². The summed E-state index contributed by atoms with van der Waals surface area (Å²) in [6.45, 7) is 5.80. The number of anilines is 1. The third kappa shape index (κ3) is 3.70. The second-order valence-corrected chi connectivity index (χ2v) is 8.65. The Kier molecular flexibility index (Phi) is 4.89. The lowest BCUT2D eigenvalue weighted by Crippen LogP contribution is -2.31. The number of rotatable bonds is 5. The fraction of sp³-hybridized carbons (Fsp3) is 0.280. The number of amides is 1. The Labute approximate surface area is 185 Å². The highest BCUT2D eigenvalue weighted by molar-refractivity contribution is 5.91. The molecule has 5 rings (SSSR count). The van der Waals surface area contributed by atoms with Crippen LogP contribution in [0.4, 0.5) is 5.69 Å². The Morgan fingerprint density at radius 2 is 1.81 bits per heavy atom. The highest BCUT2D eigenvalue weighted by atomic mass is 16.2. The molecular weight excluding hydrogens is 402 g/mol. The highest BCUT2D eigenvalue weighted by Crippen LogP contribution is 2.41. The van der Waals surface area contributed by atoms with Gasteiger partial charge in [-0.05, 0) is 68.5 Å². The van der Waals surface area contributed by atoms with E-state index in [9.17, 15) is 9.59 Å². The van der Waals surface area contributed by atoms with Crippen molar-refractivity contribution in [3.8, 4) is 5.69 Å². The largest absolute Gasteiger partial charge is 0.324 e. The molecule has 162 valence electrons. The lowest BCUT2D eigenvalue weighted by Gasteiger charge is -2.12. The van der Waals surface area contributed by atoms with E-state index >= 15 is 0 Å². The molecule has 0 unspecified atom stereocenters. The maximum atomic E-state index is 13.4. The van der Waals surface area contributed by atoms with Gasteiger partial charge in [0.15, 0.2) is 0 Å². The average molecular weight is 428 g/mol. The third-order valence-corrected chi connectivity index (χ3v) is 5.82. The van der Waals surface area contributed by atoms with Crippen molar-refractivity contribution in [1.82, 2.24) is 19.6 Å². The van der Waals surface area contributed by atoms with Gasteiger partial charge in [0.25, 0.3) is 5.56 Å². The summed E-state index contributed by atoms with van der Waals surface area (Å²) in [6.07, 6.45) is 3.79. The van der Waals surface area contributed by atoms with Crippen LogP contribution in [0.3, 0.4) is 0 Å². The number of aryl methyl sites for hydroxylation is 3. The van der Waals surface area contributed by atoms with Crippen LogP contribution in [0.25, 0.3) is 16.6 Å². The Balaban J connectivity index is 1.57. The van der Waals surface area contributed by atoms with Gasteiger partial charge in [-0.15, -0.1) is 0 Å². The van der Waals surface area contributed by atoms with E-state index in [1.165, 1.54) is 4.68 Å². The number of benzene rings is 2. The van der Waals surface area contributed by atoms with Gasteiger partial charge in [0.1, 0.15) is 12.1 Å². The number of fused-ring (bicyclic) bond motifs is 1. The maximum Gasteiger partial charge on any atom is 0.293 e. The maximum absolute atomic E-state index is 13.4. The monoisotopic (exact) mass is 427 g/mol. The molecule has 0 radical (unpaired) electrons. The number of aromatic nitrogens is 4. The molecule has 1 aliphatic rings. The first-order valence-electron chi connectivity index (χ1n) is 10.8. The van der Waals surface area contributed by atoms with Gasteiger partial charge < -0.3 is 5.32 Å². The smallest absolute Gasteiger partial charge is 0.293 e. The van der Waals surface area contributed by atoms with Crippen LogP contribution < -0.4 is 10.9 Å². The summed E-state index contributed by atoms with van der Waals surface area (Å²) in [6, 6.07) is 13.7. The summed E-state index contributed by atoms with van der Waals surface area (Å²) >= 11 is 0. The molecule has 1 N–H and O–H groups in total. The summed E-state index contributed by atoms with van der Waals surface area (Å²) < 4.78 is 2.96. The molecule has 2 aromatic carbocycles. The van der Waals surface area contributed by atoms with E-state index in [0.29, 0.717) is 17.1 Å². The van der Waals surface area contributed by atoms with Gasteiger partial charge in [-0.2, -0.15) is 10.2 Å². The summed E-state index contributed by atoms with van der Waals surface area (Å²) in [5.74, 6) is 0.0222. The molecule has 32 heavy (non-hydrogen) atoms. The zero-order valence-corrected chi connectivity index (χ0v) is 18.4. The molecule has 0 aliphatic heterocycles. The van der Waals surface area contributed by atoms with Crippen molar-refractivity contribution >= 4 is 22.5 Å². The molecule has 7 heteroatoms. The zero-order chi connectivity index (χ0) is 22.4. The van der Waals surface area contributed by atoms with E-state index in [4.69, 9.17) is 0 Å². The molecule has 2 heterocycles. The second-order valence-electron chi connectivity index (χ2n) is 8.65. The lowest BCUT2D eigenvalue weighted by atomic mass is 10.1. The fourth-order valence-electron chi connectivity index (χ4n) is 4.23. The van der Waals surface area contributed by atoms with Gasteiger partial charge in [-0.25, -0.2) is 9.36 Å². The molecule has 1 amide bonds. The standard InChI is InChI=1S/C25H25N5O2/c1-15-10-16(2)12-19(11-15)27-22(31)14-29-25(32)24-20(23(28-29)18-8-9-18)13-26-30(24)21-7-5-4-6-17(21)3/h4-7,10-13,18H,8-9,14H2,1-3H3,(H,27,31). The molecule has 7 nitrogen and oxygen atoms in total. The van der Waals surface area contributed by atoms with Gasteiger partial charge in [0, 0.05) is 17.0 Å². The van der Waals surface area contributed by atoms with Crippen molar-refractivity contribution in [2.24, 2.45) is 0 Å². The first-order chi connectivity index (χ1) is 15.4. The summed E-state index contributed by atoms with van der Waals surface area (Å²) in [4.78, 5) is 26.2. The Morgan fingerprint density at radius 1 is 1.09 bits per heavy atom. The molecule has 0 saturated heterocycles. The number of para-hydroxylation sites is 1. The van der Waals surface area contributed by atoms with E-state index in [2.05, 4.69) is 15.5 Å². The Bertz CT molecular complexity index is 1390. The number of hydrogen-bond acceptors (Lipinski definition) is 4. The lowest BCUT2D eigenvalue weighted by molar-refractivity contribution is -0.117. The average Bonchev–Trinajstić information content (AvgIpc) is 3.48. The quantitative estimate of drug-likeness (QED) is 0.521. The third-order valence-electron chi connectivity index (χ3n) is 5.82. The van der Waals surface area contributed by atoms with Crippen LogP contribution >= 0.6 is 0 Å². The predicted molar refractivity (Wildman–Crippen MR) is 124 cm³/mol. The van der Waals surface area contributed by atoms with Gasteiger partial charge in [0.2, 0.25) is 5.91 Å². The molecule has 4 aromatic rings. The minimum absolute atomic E-state index is 0.152. The molecule has 0 atom stereocenters. The SMILES string of the molecule is Cc1cc(C)cc(NC(=O)Cn2nc(C3CC3)c3cnn(-c4ccccc4C)c3c2=O)c1. The molecule has 2 aromatic heterocycles. The van der Waals surface area contributed by atoms with E-state index in [1.54, 1.807) is 10.9 Å². The van der Waals surface area contributed by atoms with Crippen molar-refractivity contribution < 1.29 is 4.79 Å². The van der Waals surface area contributed by atoms with Crippen molar-refractivity contribution in [2.75, 3.05) is 5.32 Å². The highest BCUT2D eigenvalue weighted by Gasteiger charge is 2.30. The first kappa shape index (κ1) is 20.2. The minimum Gasteiger partial charge on any atom is -0.324 e. The molecule has 0 spiro atoms. The number of nitrogens with zero attached hydrogens (tertiary/aromatic N) is 4. The van der Waals surface area contributed by atoms with Crippen molar-refractivity contribution in [3.05, 3.63) is 81.4 Å². The van der Waals surface area contributed by atoms with Gasteiger partial charge in [-0.1, -0.05) is 24.3 Å². The number of nitrogens with one attached hydrogen (secondary N) is 1. The van der Waals surface area contributed by atoms with E-state index in [-0.39, 0.29) is 18.0 Å². The summed E-state index contributed by atoms with van der Waals surface area (Å²) in [5, 5.41) is 12.8. The molecule has 1 saturated carbocycles. The van der Waals surface area contributed by atoms with Crippen molar-refractivity contribution in [1.29, 1.82) is 0 Å². The molecule has 1 fully saturated rings. The normalized spacial score (nSPS) is 13.5. The first-order valence-corrected chi connectivity index (χ1v) is 10.8. The van der Waals surface area contributed by atoms with E-state index in [1.807, 2.05) is 63.2 Å². The summed E-state index contributed by atoms with van der Waals surface area (Å²) in [5.41, 5.74) is 5.70. The van der Waals surface area contributed by atoms with Crippen LogP contribution in [0.5, 0.6) is 0 Å². The number of carbonyl (C=O) groups is 1. The van der Waals surface area contributed by atoms with Crippen molar-refractivity contribution in [2.45, 2.75) is 46.1 Å². The Morgan fingerprint density at radius 3 is 2.50 bits per heavy atom. The van der Waals surface area contributed by atoms with Crippen LogP contribution in [0.1, 0.15) is 41.1 Å². The van der Waals surface area contributed by atoms with Gasteiger partial charge in [-0.3, -0.25) is 9.59 Å². The fourth-order valence-corrected chi connectivity index (χ4v) is 4.23. The number of hydrogen-bond donors (Lipinski definition) is 1. The minimum atomic E-state index is -0.319. The predicted octanol–water partition coefficient (Wildman–Crippen LogP) is 4.02. The van der Waals surface area contributed by atoms with Crippen LogP contribution in [0.15, 0.2) is 53.5 Å². The van der Waals surface area contributed by atoms with Crippen LogP contribution in [-0.4, -0.2) is 25.5 Å². The molecule has 1 aliphatic carbocycles. The summed E-state index contributed by atoms with van der Waals surface area (Å²) in [7, 11) is 0. The van der Waals surface area contributed by atoms with Crippen LogP contribution in [0, 0.1) is 20.8 Å². The van der Waals surface area contributed by atoms with Crippen molar-refractivity contribution in [3.63, 3.8) is 0 Å².